The fraction of sp³-hybridized carbons (Fsp3) is 0.261. The van der Waals surface area contributed by atoms with Gasteiger partial charge in [0.05, 0.1) is 22.9 Å². The summed E-state index contributed by atoms with van der Waals surface area (Å²) in [6, 6.07) is 4.26. The van der Waals surface area contributed by atoms with Crippen LogP contribution in [0.4, 0.5) is 32.8 Å². The van der Waals surface area contributed by atoms with E-state index in [2.05, 4.69) is 9.97 Å². The van der Waals surface area contributed by atoms with Gasteiger partial charge in [-0.1, -0.05) is 6.07 Å². The highest BCUT2D eigenvalue weighted by molar-refractivity contribution is 7.23. The van der Waals surface area contributed by atoms with E-state index in [1.54, 1.807) is 24.8 Å². The summed E-state index contributed by atoms with van der Waals surface area (Å²) in [7, 11) is 1.26. The highest BCUT2D eigenvalue weighted by Gasteiger charge is 2.38. The van der Waals surface area contributed by atoms with E-state index in [0.29, 0.717) is 24.4 Å². The van der Waals surface area contributed by atoms with Crippen LogP contribution in [-0.2, 0) is 6.18 Å². The Morgan fingerprint density at radius 2 is 1.86 bits per heavy atom. The summed E-state index contributed by atoms with van der Waals surface area (Å²) in [5.74, 6) is -2.01. The molecule has 0 bridgehead atoms. The number of fused-ring (bicyclic) bond motifs is 2. The number of nitrogens with zero attached hydrogens (tertiary/aromatic N) is 4. The lowest BCUT2D eigenvalue weighted by Crippen LogP contribution is -2.24. The maximum Gasteiger partial charge on any atom is 0.417 e. The van der Waals surface area contributed by atoms with E-state index in [1.165, 1.54) is 7.11 Å². The van der Waals surface area contributed by atoms with E-state index in [0.717, 1.165) is 18.2 Å². The number of nitrogens with two attached hydrogens (primary N) is 1. The van der Waals surface area contributed by atoms with E-state index in [1.807, 2.05) is 0 Å². The third-order valence-corrected chi connectivity index (χ3v) is 6.67. The largest absolute Gasteiger partial charge is 0.467 e. The molecular weight excluding hydrogens is 489 g/mol. The van der Waals surface area contributed by atoms with Crippen LogP contribution in [0.3, 0.4) is 0 Å². The van der Waals surface area contributed by atoms with Gasteiger partial charge in [0.2, 0.25) is 0 Å². The summed E-state index contributed by atoms with van der Waals surface area (Å²) in [6.07, 6.45) is -5.00. The number of benzene rings is 2. The van der Waals surface area contributed by atoms with Gasteiger partial charge in [0, 0.05) is 29.4 Å². The van der Waals surface area contributed by atoms with Gasteiger partial charge >= 0.3 is 12.2 Å². The van der Waals surface area contributed by atoms with Crippen molar-refractivity contribution in [1.82, 2.24) is 9.97 Å². The minimum Gasteiger partial charge on any atom is -0.467 e. The van der Waals surface area contributed by atoms with Gasteiger partial charge in [0.1, 0.15) is 28.2 Å². The molecule has 2 aromatic heterocycles. The molecular formula is C23H18F5N5OS. The van der Waals surface area contributed by atoms with Gasteiger partial charge in [-0.3, -0.25) is 0 Å². The first kappa shape index (κ1) is 24.4. The first-order chi connectivity index (χ1) is 16.6. The molecule has 2 heterocycles. The van der Waals surface area contributed by atoms with E-state index < -0.39 is 34.5 Å². The Morgan fingerprint density at radius 1 is 1.17 bits per heavy atom. The first-order valence-electron chi connectivity index (χ1n) is 10.4. The second-order valence-electron chi connectivity index (χ2n) is 7.47. The van der Waals surface area contributed by atoms with Crippen molar-refractivity contribution in [3.8, 4) is 23.2 Å². The molecule has 35 heavy (non-hydrogen) atoms. The minimum absolute atomic E-state index is 0.0783. The number of thiophene rings is 1. The van der Waals surface area contributed by atoms with Gasteiger partial charge in [-0.25, -0.2) is 8.78 Å². The van der Waals surface area contributed by atoms with Gasteiger partial charge in [0.25, 0.3) is 0 Å². The molecule has 0 radical (unpaired) electrons. The highest BCUT2D eigenvalue weighted by Crippen LogP contribution is 2.47. The standard InChI is InChI=1S/C23H18F5N5OS/c1-4-33(5-2)21-11-8-13(23(26,27)28)16(17(25)18(11)31-22(32-21)34-3)10-6-7-14(24)19-15(10)12(9-29)20(30)35-19/h6-8H,4-5,30H2,1-3H3. The topological polar surface area (TPSA) is 88.1 Å². The van der Waals surface area contributed by atoms with Gasteiger partial charge in [-0.15, -0.1) is 11.3 Å². The number of alkyl halides is 3. The number of halogens is 5. The highest BCUT2D eigenvalue weighted by atomic mass is 32.1. The Kier molecular flexibility index (Phi) is 6.14. The summed E-state index contributed by atoms with van der Waals surface area (Å²) in [4.78, 5) is 9.82. The molecule has 0 aliphatic carbocycles. The summed E-state index contributed by atoms with van der Waals surface area (Å²) in [6.45, 7) is 4.32. The van der Waals surface area contributed by atoms with E-state index >= 15 is 4.39 Å². The predicted molar refractivity (Wildman–Crippen MR) is 125 cm³/mol. The molecule has 4 aromatic rings. The van der Waals surface area contributed by atoms with Crippen molar-refractivity contribution in [1.29, 1.82) is 5.26 Å². The molecule has 0 atom stereocenters. The first-order valence-corrected chi connectivity index (χ1v) is 11.2. The van der Waals surface area contributed by atoms with Crippen LogP contribution >= 0.6 is 11.3 Å². The Hall–Kier alpha value is -3.72. The number of ether oxygens (including phenoxy) is 1. The fourth-order valence-corrected chi connectivity index (χ4v) is 4.99. The Bertz CT molecular complexity index is 1510. The van der Waals surface area contributed by atoms with Gasteiger partial charge in [-0.2, -0.15) is 28.4 Å². The number of methoxy groups -OCH3 is 1. The zero-order chi connectivity index (χ0) is 25.7. The number of hydrogen-bond donors (Lipinski definition) is 1. The van der Waals surface area contributed by atoms with Crippen LogP contribution in [0.2, 0.25) is 0 Å². The lowest BCUT2D eigenvalue weighted by molar-refractivity contribution is -0.137. The van der Waals surface area contributed by atoms with Crippen molar-refractivity contribution < 1.29 is 26.7 Å². The lowest BCUT2D eigenvalue weighted by Gasteiger charge is -2.23. The van der Waals surface area contributed by atoms with E-state index in [-0.39, 0.29) is 43.4 Å². The molecule has 2 aromatic carbocycles. The number of nitrogen functional groups attached to an aromatic ring is 1. The maximum absolute atomic E-state index is 16.1. The smallest absolute Gasteiger partial charge is 0.417 e. The second kappa shape index (κ2) is 8.81. The molecule has 6 nitrogen and oxygen atoms in total. The van der Waals surface area contributed by atoms with E-state index in [9.17, 15) is 22.8 Å². The number of anilines is 2. The van der Waals surface area contributed by atoms with Crippen molar-refractivity contribution in [2.45, 2.75) is 20.0 Å². The number of nitriles is 1. The van der Waals surface area contributed by atoms with Crippen LogP contribution in [0.1, 0.15) is 25.0 Å². The monoisotopic (exact) mass is 507 g/mol. The van der Waals surface area contributed by atoms with Gasteiger partial charge in [0.15, 0.2) is 5.82 Å². The Labute approximate surface area is 200 Å². The van der Waals surface area contributed by atoms with Crippen LogP contribution in [0.5, 0.6) is 6.01 Å². The van der Waals surface area contributed by atoms with Crippen LogP contribution in [-0.4, -0.2) is 30.2 Å². The molecule has 2 N–H and O–H groups in total. The third-order valence-electron chi connectivity index (χ3n) is 5.64. The molecule has 0 unspecified atom stereocenters. The Balaban J connectivity index is 2.23. The Morgan fingerprint density at radius 3 is 2.43 bits per heavy atom. The SMILES string of the molecule is CCN(CC)c1nc(OC)nc2c(F)c(-c3ccc(F)c4sc(N)c(C#N)c34)c(C(F)(F)F)cc12. The molecule has 0 aliphatic rings. The minimum atomic E-state index is -5.00. The summed E-state index contributed by atoms with van der Waals surface area (Å²) < 4.78 is 78.6. The average molecular weight is 507 g/mol. The molecule has 0 aliphatic heterocycles. The number of hydrogen-bond acceptors (Lipinski definition) is 7. The zero-order valence-corrected chi connectivity index (χ0v) is 19.5. The van der Waals surface area contributed by atoms with Crippen LogP contribution < -0.4 is 15.4 Å². The second-order valence-corrected chi connectivity index (χ2v) is 8.52. The number of aromatic nitrogens is 2. The van der Waals surface area contributed by atoms with Crippen LogP contribution in [0.25, 0.3) is 32.1 Å². The average Bonchev–Trinajstić information content (AvgIpc) is 3.16. The molecule has 182 valence electrons. The normalized spacial score (nSPS) is 11.7. The fourth-order valence-electron chi connectivity index (χ4n) is 4.04. The molecule has 0 saturated carbocycles. The van der Waals surface area contributed by atoms with Crippen LogP contribution in [0.15, 0.2) is 18.2 Å². The van der Waals surface area contributed by atoms with Gasteiger partial charge < -0.3 is 15.4 Å². The summed E-state index contributed by atoms with van der Waals surface area (Å²) in [5, 5.41) is 9.12. The molecule has 12 heteroatoms. The number of rotatable bonds is 5. The van der Waals surface area contributed by atoms with Crippen molar-refractivity contribution in [2.24, 2.45) is 0 Å². The zero-order valence-electron chi connectivity index (χ0n) is 18.7. The van der Waals surface area contributed by atoms with Crippen molar-refractivity contribution in [3.05, 3.63) is 41.0 Å². The summed E-state index contributed by atoms with van der Waals surface area (Å²) >= 11 is 0.704. The third kappa shape index (κ3) is 3.85. The van der Waals surface area contributed by atoms with Gasteiger partial charge in [-0.05, 0) is 31.5 Å². The molecule has 0 spiro atoms. The predicted octanol–water partition coefficient (Wildman–Crippen LogP) is 6.12. The van der Waals surface area contributed by atoms with Crippen LogP contribution in [0, 0.1) is 23.0 Å². The molecule has 4 rings (SSSR count). The lowest BCUT2D eigenvalue weighted by atomic mass is 9.92. The summed E-state index contributed by atoms with van der Waals surface area (Å²) in [5.41, 5.74) is 2.70. The van der Waals surface area contributed by atoms with Crippen molar-refractivity contribution in [3.63, 3.8) is 0 Å². The maximum atomic E-state index is 16.1. The van der Waals surface area contributed by atoms with Crippen molar-refractivity contribution in [2.75, 3.05) is 30.8 Å². The quantitative estimate of drug-likeness (QED) is 0.328. The molecule has 0 saturated heterocycles. The van der Waals surface area contributed by atoms with E-state index in [4.69, 9.17) is 10.5 Å². The van der Waals surface area contributed by atoms with Crippen molar-refractivity contribution >= 4 is 43.1 Å². The molecule has 0 amide bonds. The molecule has 0 fully saturated rings.